The predicted molar refractivity (Wildman–Crippen MR) is 72.0 cm³/mol. The highest BCUT2D eigenvalue weighted by Gasteiger charge is 2.31. The summed E-state index contributed by atoms with van der Waals surface area (Å²) in [7, 11) is 1.30. The largest absolute Gasteiger partial charge is 0.492 e. The smallest absolute Gasteiger partial charge is 0.268 e. The Morgan fingerprint density at radius 3 is 2.76 bits per heavy atom. The van der Waals surface area contributed by atoms with Crippen molar-refractivity contribution in [3.63, 3.8) is 0 Å². The molecule has 2 aromatic heterocycles. The van der Waals surface area contributed by atoms with E-state index >= 15 is 0 Å². The first-order chi connectivity index (χ1) is 10.0. The Hall–Kier alpha value is -2.81. The Bertz CT molecular complexity index is 817. The second-order valence-corrected chi connectivity index (χ2v) is 4.98. The monoisotopic (exact) mass is 304 g/mol. The lowest BCUT2D eigenvalue weighted by molar-refractivity contribution is 0.0911. The number of ketones is 2. The molecule has 0 saturated carbocycles. The number of amides is 1. The van der Waals surface area contributed by atoms with Crippen LogP contribution >= 0.6 is 11.3 Å². The van der Waals surface area contributed by atoms with Crippen molar-refractivity contribution in [3.05, 3.63) is 34.3 Å². The van der Waals surface area contributed by atoms with Crippen molar-refractivity contribution >= 4 is 28.8 Å². The fraction of sp³-hybridized carbons (Fsp3) is 0.0833. The molecule has 0 aliphatic heterocycles. The highest BCUT2D eigenvalue weighted by Crippen LogP contribution is 2.26. The first-order valence-electron chi connectivity index (χ1n) is 5.71. The van der Waals surface area contributed by atoms with Crippen LogP contribution in [0.25, 0.3) is 10.8 Å². The van der Waals surface area contributed by atoms with Crippen LogP contribution in [0.15, 0.2) is 17.2 Å². The van der Waals surface area contributed by atoms with E-state index in [1.165, 1.54) is 12.5 Å². The average molecular weight is 304 g/mol. The van der Waals surface area contributed by atoms with Crippen molar-refractivity contribution < 1.29 is 19.1 Å². The van der Waals surface area contributed by atoms with E-state index in [4.69, 9.17) is 10.5 Å². The summed E-state index contributed by atoms with van der Waals surface area (Å²) in [6.45, 7) is 0. The van der Waals surface area contributed by atoms with Crippen molar-refractivity contribution in [1.29, 1.82) is 0 Å². The Morgan fingerprint density at radius 2 is 2.14 bits per heavy atom. The molecule has 8 nitrogen and oxygen atoms in total. The molecule has 9 heteroatoms. The van der Waals surface area contributed by atoms with Gasteiger partial charge in [-0.3, -0.25) is 14.4 Å². The van der Waals surface area contributed by atoms with E-state index in [2.05, 4.69) is 15.0 Å². The Morgan fingerprint density at radius 1 is 1.38 bits per heavy atom. The summed E-state index contributed by atoms with van der Waals surface area (Å²) in [5.74, 6) is -1.39. The quantitative estimate of drug-likeness (QED) is 0.851. The van der Waals surface area contributed by atoms with Gasteiger partial charge in [0.1, 0.15) is 17.1 Å². The number of aromatic amines is 1. The van der Waals surface area contributed by atoms with Crippen molar-refractivity contribution in [2.24, 2.45) is 5.73 Å². The van der Waals surface area contributed by atoms with Crippen molar-refractivity contribution in [3.8, 4) is 10.8 Å². The lowest BCUT2D eigenvalue weighted by Crippen LogP contribution is -2.17. The van der Waals surface area contributed by atoms with Gasteiger partial charge < -0.3 is 15.5 Å². The van der Waals surface area contributed by atoms with Gasteiger partial charge in [0.2, 0.25) is 11.6 Å². The normalized spacial score (nSPS) is 13.9. The van der Waals surface area contributed by atoms with Gasteiger partial charge >= 0.3 is 0 Å². The van der Waals surface area contributed by atoms with Gasteiger partial charge in [-0.25, -0.2) is 9.97 Å². The molecule has 2 heterocycles. The van der Waals surface area contributed by atoms with Gasteiger partial charge in [-0.05, 0) is 0 Å². The van der Waals surface area contributed by atoms with Crippen LogP contribution in [0.4, 0.5) is 0 Å². The van der Waals surface area contributed by atoms with E-state index in [0.29, 0.717) is 5.01 Å². The number of nitrogens with two attached hydrogens (primary N) is 1. The summed E-state index contributed by atoms with van der Waals surface area (Å²) in [5.41, 5.74) is 5.27. The van der Waals surface area contributed by atoms with Crippen LogP contribution in [0.1, 0.15) is 31.5 Å². The van der Waals surface area contributed by atoms with E-state index in [1.54, 1.807) is 0 Å². The number of primary amides is 1. The molecule has 0 atom stereocenters. The Kier molecular flexibility index (Phi) is 2.91. The maximum Gasteiger partial charge on any atom is 0.268 e. The number of nitrogens with one attached hydrogen (secondary N) is 1. The fourth-order valence-corrected chi connectivity index (χ4v) is 2.59. The molecule has 0 unspecified atom stereocenters. The van der Waals surface area contributed by atoms with E-state index in [-0.39, 0.29) is 28.7 Å². The molecule has 1 aliphatic carbocycles. The predicted octanol–water partition coefficient (Wildman–Crippen LogP) is 0.541. The molecule has 0 aromatic carbocycles. The number of thiazole rings is 1. The van der Waals surface area contributed by atoms with Gasteiger partial charge in [0, 0.05) is 11.5 Å². The molecule has 3 rings (SSSR count). The van der Waals surface area contributed by atoms with Crippen LogP contribution < -0.4 is 5.73 Å². The third kappa shape index (κ3) is 2.03. The zero-order valence-electron chi connectivity index (χ0n) is 10.7. The minimum atomic E-state index is -0.663. The van der Waals surface area contributed by atoms with Crippen molar-refractivity contribution in [2.45, 2.75) is 0 Å². The lowest BCUT2D eigenvalue weighted by atomic mass is 10.0. The number of rotatable bonds is 3. The van der Waals surface area contributed by atoms with Crippen LogP contribution in [0.3, 0.4) is 0 Å². The number of Topliss-reactive ketones (excluding diaryl/α,β-unsaturated/α-hetero) is 1. The highest BCUT2D eigenvalue weighted by atomic mass is 32.1. The zero-order valence-corrected chi connectivity index (χ0v) is 11.5. The highest BCUT2D eigenvalue weighted by molar-refractivity contribution is 7.13. The van der Waals surface area contributed by atoms with E-state index in [1.807, 2.05) is 0 Å². The standard InChI is InChI=1S/C12H8N4O4S/c1-20-6-2-5(17)7-8(9(6)18)16-11(15-7)12-14-4(3-21-12)10(13)19/h2-3H,1H3,(H2,13,19)(H,15,16). The molecule has 21 heavy (non-hydrogen) atoms. The van der Waals surface area contributed by atoms with Gasteiger partial charge in [0.25, 0.3) is 5.91 Å². The number of H-pyrrole nitrogens is 1. The van der Waals surface area contributed by atoms with Crippen LogP contribution in [0.2, 0.25) is 0 Å². The maximum absolute atomic E-state index is 12.0. The molecule has 0 saturated heterocycles. The molecule has 1 aliphatic rings. The third-order valence-corrected chi connectivity index (χ3v) is 3.68. The molecule has 3 N–H and O–H groups in total. The maximum atomic E-state index is 12.0. The summed E-state index contributed by atoms with van der Waals surface area (Å²) < 4.78 is 4.85. The second-order valence-electron chi connectivity index (χ2n) is 4.12. The number of imidazole rings is 1. The van der Waals surface area contributed by atoms with Gasteiger partial charge in [-0.1, -0.05) is 0 Å². The number of hydrogen-bond acceptors (Lipinski definition) is 7. The molecule has 0 fully saturated rings. The van der Waals surface area contributed by atoms with Crippen molar-refractivity contribution in [1.82, 2.24) is 15.0 Å². The van der Waals surface area contributed by atoms with Crippen LogP contribution in [-0.2, 0) is 4.74 Å². The average Bonchev–Trinajstić information content (AvgIpc) is 3.08. The van der Waals surface area contributed by atoms with Gasteiger partial charge in [-0.15, -0.1) is 11.3 Å². The summed E-state index contributed by atoms with van der Waals surface area (Å²) in [6.07, 6.45) is 1.09. The molecular formula is C12H8N4O4S. The number of carbonyl (C=O) groups excluding carboxylic acids is 3. The number of hydrogen-bond donors (Lipinski definition) is 2. The minimum Gasteiger partial charge on any atom is -0.492 e. The van der Waals surface area contributed by atoms with E-state index < -0.39 is 17.5 Å². The lowest BCUT2D eigenvalue weighted by Gasteiger charge is -2.08. The zero-order chi connectivity index (χ0) is 15.1. The SMILES string of the molecule is COC1=CC(=O)c2nc(-c3nc(C(N)=O)cs3)[nH]c2C1=O. The number of nitrogens with zero attached hydrogens (tertiary/aromatic N) is 2. The van der Waals surface area contributed by atoms with E-state index in [9.17, 15) is 14.4 Å². The van der Waals surface area contributed by atoms with Crippen molar-refractivity contribution in [2.75, 3.05) is 7.11 Å². The summed E-state index contributed by atoms with van der Waals surface area (Å²) in [6, 6.07) is 0. The van der Waals surface area contributed by atoms with Gasteiger partial charge in [-0.2, -0.15) is 0 Å². The number of carbonyl (C=O) groups is 3. The minimum absolute atomic E-state index is 0.00613. The van der Waals surface area contributed by atoms with Crippen LogP contribution in [-0.4, -0.2) is 39.5 Å². The second kappa shape index (κ2) is 4.63. The first kappa shape index (κ1) is 13.2. The Labute approximate surface area is 121 Å². The molecule has 0 spiro atoms. The van der Waals surface area contributed by atoms with Gasteiger partial charge in [0.15, 0.2) is 16.6 Å². The van der Waals surface area contributed by atoms with E-state index in [0.717, 1.165) is 17.4 Å². The number of aromatic nitrogens is 3. The molecular weight excluding hydrogens is 296 g/mol. The number of methoxy groups -OCH3 is 1. The number of ether oxygens (including phenoxy) is 1. The molecule has 0 radical (unpaired) electrons. The van der Waals surface area contributed by atoms with Crippen LogP contribution in [0.5, 0.6) is 0 Å². The fourth-order valence-electron chi connectivity index (χ4n) is 1.84. The number of allylic oxidation sites excluding steroid dienone is 2. The summed E-state index contributed by atoms with van der Waals surface area (Å²) >= 11 is 1.13. The molecule has 106 valence electrons. The Balaban J connectivity index is 2.05. The first-order valence-corrected chi connectivity index (χ1v) is 6.59. The van der Waals surface area contributed by atoms with Gasteiger partial charge in [0.05, 0.1) is 7.11 Å². The third-order valence-electron chi connectivity index (χ3n) is 2.83. The van der Waals surface area contributed by atoms with Crippen LogP contribution in [0, 0.1) is 0 Å². The molecule has 0 bridgehead atoms. The number of fused-ring (bicyclic) bond motifs is 1. The molecule has 1 amide bonds. The summed E-state index contributed by atoms with van der Waals surface area (Å²) in [5, 5.41) is 1.83. The molecule has 2 aromatic rings. The topological polar surface area (TPSA) is 128 Å². The summed E-state index contributed by atoms with van der Waals surface area (Å²) in [4.78, 5) is 45.7.